The third-order valence-corrected chi connectivity index (χ3v) is 5.29. The van der Waals surface area contributed by atoms with E-state index >= 15 is 0 Å². The predicted octanol–water partition coefficient (Wildman–Crippen LogP) is 4.77. The summed E-state index contributed by atoms with van der Waals surface area (Å²) in [5, 5.41) is 0. The van der Waals surface area contributed by atoms with Crippen LogP contribution in [-0.4, -0.2) is 33.9 Å². The third kappa shape index (κ3) is 3.74. The van der Waals surface area contributed by atoms with Crippen LogP contribution in [0.4, 0.5) is 4.79 Å². The first-order chi connectivity index (χ1) is 13.4. The largest absolute Gasteiger partial charge is 0.457 e. The zero-order chi connectivity index (χ0) is 20.4. The highest BCUT2D eigenvalue weighted by atomic mass is 32.1. The number of hydrogen-bond acceptors (Lipinski definition) is 5. The summed E-state index contributed by atoms with van der Waals surface area (Å²) < 4.78 is 19.5. The van der Waals surface area contributed by atoms with Crippen molar-refractivity contribution in [1.29, 1.82) is 0 Å². The number of hydrogen-bond donors (Lipinski definition) is 0. The Morgan fingerprint density at radius 2 is 1.43 bits per heavy atom. The number of ether oxygens (including phenoxy) is 2. The molecule has 0 aromatic heterocycles. The molecule has 148 valence electrons. The summed E-state index contributed by atoms with van der Waals surface area (Å²) in [6.45, 7) is 7.07. The van der Waals surface area contributed by atoms with Crippen molar-refractivity contribution in [3.05, 3.63) is 59.7 Å². The number of benzene rings is 2. The van der Waals surface area contributed by atoms with Crippen LogP contribution < -0.4 is 4.74 Å². The highest BCUT2D eigenvalue weighted by Gasteiger charge is 2.45. The number of rotatable bonds is 0. The number of fused-ring (bicyclic) bond motifs is 4. The Labute approximate surface area is 171 Å². The van der Waals surface area contributed by atoms with Crippen LogP contribution in [0.3, 0.4) is 0 Å². The Morgan fingerprint density at radius 1 is 0.964 bits per heavy atom. The van der Waals surface area contributed by atoms with Crippen molar-refractivity contribution in [2.75, 3.05) is 13.1 Å². The van der Waals surface area contributed by atoms with Gasteiger partial charge in [-0.2, -0.15) is 4.21 Å². The van der Waals surface area contributed by atoms with E-state index in [2.05, 4.69) is 36.8 Å². The van der Waals surface area contributed by atoms with Gasteiger partial charge in [0, 0.05) is 29.6 Å². The maximum absolute atomic E-state index is 12.5. The predicted molar refractivity (Wildman–Crippen MR) is 109 cm³/mol. The standard InChI is InChI=1S/C22H25NO3.OS/c1-21(2,3)26-20(24)23-14-12-22(13-15-23)16-8-4-6-10-18(16)25-19-11-7-5-9-17(19)22;1-2/h4-11H,12-15H2,1-3H3;. The SMILES string of the molecule is CC(C)(C)OC(=O)N1CCC2(CC1)c1ccccc1Oc1ccccc12.O=S. The van der Waals surface area contributed by atoms with Crippen LogP contribution in [0, 0.1) is 0 Å². The molecule has 2 aromatic carbocycles. The molecule has 1 saturated heterocycles. The van der Waals surface area contributed by atoms with Crippen molar-refractivity contribution in [1.82, 2.24) is 4.90 Å². The van der Waals surface area contributed by atoms with E-state index in [1.165, 1.54) is 11.1 Å². The lowest BCUT2D eigenvalue weighted by atomic mass is 9.66. The van der Waals surface area contributed by atoms with Gasteiger partial charge in [-0.25, -0.2) is 4.79 Å². The summed E-state index contributed by atoms with van der Waals surface area (Å²) in [7, 11) is 0. The van der Waals surface area contributed by atoms with Gasteiger partial charge in [0.05, 0.1) is 0 Å². The molecule has 1 fully saturated rings. The van der Waals surface area contributed by atoms with Crippen LogP contribution in [0.5, 0.6) is 11.5 Å². The zero-order valence-corrected chi connectivity index (χ0v) is 17.3. The van der Waals surface area contributed by atoms with Crippen molar-refractivity contribution in [3.63, 3.8) is 0 Å². The molecule has 2 aliphatic rings. The molecule has 6 heteroatoms. The van der Waals surface area contributed by atoms with E-state index in [4.69, 9.17) is 13.7 Å². The molecule has 0 atom stereocenters. The zero-order valence-electron chi connectivity index (χ0n) is 16.4. The van der Waals surface area contributed by atoms with Gasteiger partial charge >= 0.3 is 6.09 Å². The number of carbonyl (C=O) groups excluding carboxylic acids is 1. The summed E-state index contributed by atoms with van der Waals surface area (Å²) in [4.78, 5) is 14.3. The average Bonchev–Trinajstić information content (AvgIpc) is 2.69. The molecule has 1 amide bonds. The second kappa shape index (κ2) is 7.87. The van der Waals surface area contributed by atoms with Crippen molar-refractivity contribution in [3.8, 4) is 11.5 Å². The number of para-hydroxylation sites is 2. The van der Waals surface area contributed by atoms with Crippen LogP contribution >= 0.6 is 0 Å². The van der Waals surface area contributed by atoms with E-state index < -0.39 is 5.60 Å². The van der Waals surface area contributed by atoms with Gasteiger partial charge in [0.1, 0.15) is 17.1 Å². The van der Waals surface area contributed by atoms with Crippen LogP contribution in [0.1, 0.15) is 44.7 Å². The van der Waals surface area contributed by atoms with E-state index in [1.807, 2.05) is 49.9 Å². The Kier molecular flexibility index (Phi) is 5.70. The first-order valence-electron chi connectivity index (χ1n) is 9.41. The van der Waals surface area contributed by atoms with Gasteiger partial charge in [0.25, 0.3) is 0 Å². The van der Waals surface area contributed by atoms with E-state index in [0.717, 1.165) is 24.3 Å². The van der Waals surface area contributed by atoms with Gasteiger partial charge in [-0.3, -0.25) is 0 Å². The normalized spacial score (nSPS) is 16.8. The molecule has 4 rings (SSSR count). The molecular formula is C22H25NO4S. The number of nitrogens with zero attached hydrogens (tertiary/aromatic N) is 1. The van der Waals surface area contributed by atoms with Crippen molar-refractivity contribution in [2.45, 2.75) is 44.6 Å². The third-order valence-electron chi connectivity index (χ3n) is 5.29. The summed E-state index contributed by atoms with van der Waals surface area (Å²) in [6.07, 6.45) is 1.51. The lowest BCUT2D eigenvalue weighted by Crippen LogP contribution is -2.48. The number of carbonyl (C=O) groups is 1. The van der Waals surface area contributed by atoms with E-state index in [0.29, 0.717) is 13.1 Å². The lowest BCUT2D eigenvalue weighted by Gasteiger charge is -2.45. The molecule has 5 nitrogen and oxygen atoms in total. The molecule has 0 unspecified atom stereocenters. The number of likely N-dealkylation sites (tertiary alicyclic amines) is 1. The molecular weight excluding hydrogens is 374 g/mol. The van der Waals surface area contributed by atoms with Gasteiger partial charge in [0.15, 0.2) is 12.5 Å². The first kappa shape index (κ1) is 20.3. The van der Waals surface area contributed by atoms with Crippen LogP contribution in [0.25, 0.3) is 0 Å². The van der Waals surface area contributed by atoms with Gasteiger partial charge in [0.2, 0.25) is 0 Å². The minimum absolute atomic E-state index is 0.107. The van der Waals surface area contributed by atoms with Gasteiger partial charge < -0.3 is 14.4 Å². The number of amides is 1. The minimum Gasteiger partial charge on any atom is -0.457 e. The Balaban J connectivity index is 0.00000109. The topological polar surface area (TPSA) is 55.8 Å². The molecule has 1 spiro atoms. The summed E-state index contributed by atoms with van der Waals surface area (Å²) >= 11 is 2.83. The van der Waals surface area contributed by atoms with E-state index in [1.54, 1.807) is 0 Å². The molecule has 0 bridgehead atoms. The quantitative estimate of drug-likeness (QED) is 0.638. The maximum atomic E-state index is 12.5. The summed E-state index contributed by atoms with van der Waals surface area (Å²) in [5.41, 5.74) is 1.87. The minimum atomic E-state index is -0.468. The van der Waals surface area contributed by atoms with Crippen LogP contribution in [0.15, 0.2) is 48.5 Å². The van der Waals surface area contributed by atoms with Crippen molar-refractivity contribution < 1.29 is 18.5 Å². The van der Waals surface area contributed by atoms with Gasteiger partial charge in [-0.1, -0.05) is 36.4 Å². The molecule has 0 radical (unpaired) electrons. The Morgan fingerprint density at radius 3 is 1.89 bits per heavy atom. The Bertz CT molecular complexity index is 806. The summed E-state index contributed by atoms with van der Waals surface area (Å²) in [6, 6.07) is 16.5. The van der Waals surface area contributed by atoms with Gasteiger partial charge in [-0.05, 0) is 45.7 Å². The van der Waals surface area contributed by atoms with Crippen molar-refractivity contribution in [2.24, 2.45) is 0 Å². The fourth-order valence-corrected chi connectivity index (χ4v) is 4.10. The molecule has 0 N–H and O–H groups in total. The molecule has 2 aliphatic heterocycles. The van der Waals surface area contributed by atoms with E-state index in [9.17, 15) is 4.79 Å². The monoisotopic (exact) mass is 399 g/mol. The average molecular weight is 400 g/mol. The smallest absolute Gasteiger partial charge is 0.410 e. The fourth-order valence-electron chi connectivity index (χ4n) is 4.10. The van der Waals surface area contributed by atoms with Gasteiger partial charge in [-0.15, -0.1) is 0 Å². The maximum Gasteiger partial charge on any atom is 0.410 e. The highest BCUT2D eigenvalue weighted by Crippen LogP contribution is 2.52. The second-order valence-corrected chi connectivity index (χ2v) is 8.14. The molecule has 28 heavy (non-hydrogen) atoms. The molecule has 0 aliphatic carbocycles. The fraction of sp³-hybridized carbons (Fsp3) is 0.409. The van der Waals surface area contributed by atoms with E-state index in [-0.39, 0.29) is 11.5 Å². The highest BCUT2D eigenvalue weighted by molar-refractivity contribution is 7.44. The Hall–Kier alpha value is -2.47. The molecule has 2 aromatic rings. The van der Waals surface area contributed by atoms with Crippen LogP contribution in [0.2, 0.25) is 0 Å². The number of piperidine rings is 1. The summed E-state index contributed by atoms with van der Waals surface area (Å²) in [5.74, 6) is 1.86. The molecule has 2 heterocycles. The van der Waals surface area contributed by atoms with Crippen LogP contribution in [-0.2, 0) is 22.7 Å². The lowest BCUT2D eigenvalue weighted by molar-refractivity contribution is 0.0177. The first-order valence-corrected chi connectivity index (χ1v) is 9.74. The second-order valence-electron chi connectivity index (χ2n) is 8.14. The molecule has 0 saturated carbocycles. The van der Waals surface area contributed by atoms with Crippen molar-refractivity contribution >= 4 is 18.6 Å².